The molecule has 3 rings (SSSR count). The summed E-state index contributed by atoms with van der Waals surface area (Å²) in [4.78, 5) is 2.47. The van der Waals surface area contributed by atoms with Gasteiger partial charge in [-0.3, -0.25) is 4.90 Å². The molecule has 0 aliphatic carbocycles. The van der Waals surface area contributed by atoms with E-state index in [9.17, 15) is 0 Å². The number of hydrogen-bond donors (Lipinski definition) is 1. The zero-order valence-corrected chi connectivity index (χ0v) is 14.4. The number of benzene rings is 1. The van der Waals surface area contributed by atoms with Crippen LogP contribution in [0.15, 0.2) is 42.6 Å². The number of methoxy groups -OCH3 is 1. The molecule has 1 saturated heterocycles. The second-order valence-electron chi connectivity index (χ2n) is 6.03. The van der Waals surface area contributed by atoms with E-state index in [1.165, 1.54) is 5.69 Å². The Morgan fingerprint density at radius 2 is 1.96 bits per heavy atom. The predicted molar refractivity (Wildman–Crippen MR) is 95.9 cm³/mol. The van der Waals surface area contributed by atoms with Crippen LogP contribution in [-0.2, 0) is 11.3 Å². The van der Waals surface area contributed by atoms with Crippen LogP contribution in [0.1, 0.15) is 12.1 Å². The predicted octanol–water partition coefficient (Wildman–Crippen LogP) is 2.30. The maximum Gasteiger partial charge on any atom is 0.142 e. The average Bonchev–Trinajstić information content (AvgIpc) is 3.10. The van der Waals surface area contributed by atoms with Gasteiger partial charge in [0.15, 0.2) is 0 Å². The highest BCUT2D eigenvalue weighted by Gasteiger charge is 2.10. The van der Waals surface area contributed by atoms with Gasteiger partial charge in [-0.25, -0.2) is 0 Å². The minimum Gasteiger partial charge on any atom is -0.495 e. The van der Waals surface area contributed by atoms with Crippen LogP contribution in [0, 0.1) is 0 Å². The molecule has 2 aromatic rings. The molecule has 5 heteroatoms. The van der Waals surface area contributed by atoms with Crippen molar-refractivity contribution < 1.29 is 9.47 Å². The Morgan fingerprint density at radius 1 is 1.12 bits per heavy atom. The summed E-state index contributed by atoms with van der Waals surface area (Å²) in [5, 5.41) is 3.56. The van der Waals surface area contributed by atoms with Gasteiger partial charge >= 0.3 is 0 Å². The van der Waals surface area contributed by atoms with Gasteiger partial charge in [-0.1, -0.05) is 12.1 Å². The summed E-state index contributed by atoms with van der Waals surface area (Å²) in [6.07, 6.45) is 3.25. The normalized spacial score (nSPS) is 15.5. The Morgan fingerprint density at radius 3 is 2.79 bits per heavy atom. The third-order valence-corrected chi connectivity index (χ3v) is 4.42. The molecule has 2 heterocycles. The molecule has 1 fully saturated rings. The lowest BCUT2D eigenvalue weighted by atomic mass is 10.2. The first-order valence-electron chi connectivity index (χ1n) is 8.69. The summed E-state index contributed by atoms with van der Waals surface area (Å²) in [5.41, 5.74) is 2.32. The van der Waals surface area contributed by atoms with Gasteiger partial charge in [0.25, 0.3) is 0 Å². The number of ether oxygens (including phenoxy) is 2. The van der Waals surface area contributed by atoms with Gasteiger partial charge in [0, 0.05) is 31.5 Å². The van der Waals surface area contributed by atoms with Crippen molar-refractivity contribution in [3.8, 4) is 11.4 Å². The summed E-state index contributed by atoms with van der Waals surface area (Å²) in [6.45, 7) is 6.90. The van der Waals surface area contributed by atoms with Crippen LogP contribution in [-0.4, -0.2) is 56.0 Å². The van der Waals surface area contributed by atoms with E-state index in [4.69, 9.17) is 9.47 Å². The summed E-state index contributed by atoms with van der Waals surface area (Å²) in [6, 6.07) is 12.3. The van der Waals surface area contributed by atoms with Crippen molar-refractivity contribution >= 4 is 0 Å². The molecule has 1 aromatic carbocycles. The van der Waals surface area contributed by atoms with Crippen molar-refractivity contribution in [3.63, 3.8) is 0 Å². The minimum absolute atomic E-state index is 0.855. The molecule has 24 heavy (non-hydrogen) atoms. The van der Waals surface area contributed by atoms with Crippen molar-refractivity contribution in [3.05, 3.63) is 48.3 Å². The van der Waals surface area contributed by atoms with Gasteiger partial charge in [0.2, 0.25) is 0 Å². The van der Waals surface area contributed by atoms with Crippen molar-refractivity contribution in [2.45, 2.75) is 13.0 Å². The number of hydrogen-bond acceptors (Lipinski definition) is 4. The first-order chi connectivity index (χ1) is 11.9. The van der Waals surface area contributed by atoms with Crippen LogP contribution in [0.3, 0.4) is 0 Å². The lowest BCUT2D eigenvalue weighted by molar-refractivity contribution is 0.0374. The standard InChI is InChI=1S/C19H27N3O2/c1-23-19-8-3-2-7-18(19)22-11-4-6-17(22)16-20-9-5-10-21-12-14-24-15-13-21/h2-4,6-8,11,20H,5,9-10,12-16H2,1H3. The van der Waals surface area contributed by atoms with Gasteiger partial charge in [-0.2, -0.15) is 0 Å². The van der Waals surface area contributed by atoms with E-state index in [0.717, 1.165) is 63.8 Å². The van der Waals surface area contributed by atoms with Crippen molar-refractivity contribution in [2.75, 3.05) is 46.5 Å². The van der Waals surface area contributed by atoms with Crippen molar-refractivity contribution in [2.24, 2.45) is 0 Å². The smallest absolute Gasteiger partial charge is 0.142 e. The number of rotatable bonds is 8. The SMILES string of the molecule is COc1ccccc1-n1cccc1CNCCCN1CCOCC1. The lowest BCUT2D eigenvalue weighted by Gasteiger charge is -2.26. The molecule has 0 unspecified atom stereocenters. The fourth-order valence-electron chi connectivity index (χ4n) is 3.09. The molecule has 1 aromatic heterocycles. The molecule has 0 bridgehead atoms. The zero-order chi connectivity index (χ0) is 16.6. The zero-order valence-electron chi connectivity index (χ0n) is 14.4. The highest BCUT2D eigenvalue weighted by Crippen LogP contribution is 2.23. The Bertz CT molecular complexity index is 621. The van der Waals surface area contributed by atoms with E-state index in [1.807, 2.05) is 18.2 Å². The van der Waals surface area contributed by atoms with Crippen molar-refractivity contribution in [1.29, 1.82) is 0 Å². The molecule has 0 saturated carbocycles. The Balaban J connectivity index is 1.49. The summed E-state index contributed by atoms with van der Waals surface area (Å²) in [7, 11) is 1.71. The summed E-state index contributed by atoms with van der Waals surface area (Å²) in [5.74, 6) is 0.891. The van der Waals surface area contributed by atoms with Gasteiger partial charge in [0.05, 0.1) is 26.0 Å². The van der Waals surface area contributed by atoms with E-state index in [2.05, 4.69) is 39.2 Å². The van der Waals surface area contributed by atoms with Crippen LogP contribution >= 0.6 is 0 Å². The fraction of sp³-hybridized carbons (Fsp3) is 0.474. The second kappa shape index (κ2) is 8.87. The van der Waals surface area contributed by atoms with E-state index in [-0.39, 0.29) is 0 Å². The molecule has 1 N–H and O–H groups in total. The Labute approximate surface area is 144 Å². The average molecular weight is 329 g/mol. The molecule has 0 spiro atoms. The number of nitrogens with one attached hydrogen (secondary N) is 1. The summed E-state index contributed by atoms with van der Waals surface area (Å²) < 4.78 is 13.0. The molecule has 0 atom stereocenters. The van der Waals surface area contributed by atoms with Crippen LogP contribution in [0.25, 0.3) is 5.69 Å². The van der Waals surface area contributed by atoms with Crippen LogP contribution in [0.2, 0.25) is 0 Å². The summed E-state index contributed by atoms with van der Waals surface area (Å²) >= 11 is 0. The molecular weight excluding hydrogens is 302 g/mol. The number of aromatic nitrogens is 1. The first-order valence-corrected chi connectivity index (χ1v) is 8.69. The second-order valence-corrected chi connectivity index (χ2v) is 6.03. The molecule has 130 valence electrons. The van der Waals surface area contributed by atoms with Crippen LogP contribution < -0.4 is 10.1 Å². The van der Waals surface area contributed by atoms with Crippen molar-refractivity contribution in [1.82, 2.24) is 14.8 Å². The van der Waals surface area contributed by atoms with Crippen LogP contribution in [0.5, 0.6) is 5.75 Å². The van der Waals surface area contributed by atoms with Gasteiger partial charge in [-0.05, 0) is 43.8 Å². The maximum absolute atomic E-state index is 5.48. The van der Waals surface area contributed by atoms with Crippen LogP contribution in [0.4, 0.5) is 0 Å². The molecule has 0 radical (unpaired) electrons. The van der Waals surface area contributed by atoms with E-state index in [1.54, 1.807) is 7.11 Å². The number of morpholine rings is 1. The highest BCUT2D eigenvalue weighted by atomic mass is 16.5. The fourth-order valence-corrected chi connectivity index (χ4v) is 3.09. The number of para-hydroxylation sites is 2. The monoisotopic (exact) mass is 329 g/mol. The quantitative estimate of drug-likeness (QED) is 0.754. The largest absolute Gasteiger partial charge is 0.495 e. The van der Waals surface area contributed by atoms with E-state index in [0.29, 0.717) is 0 Å². The number of nitrogens with zero attached hydrogens (tertiary/aromatic N) is 2. The third kappa shape index (κ3) is 4.38. The van der Waals surface area contributed by atoms with E-state index >= 15 is 0 Å². The molecule has 1 aliphatic heterocycles. The molecule has 5 nitrogen and oxygen atoms in total. The minimum atomic E-state index is 0.855. The van der Waals surface area contributed by atoms with E-state index < -0.39 is 0 Å². The molecular formula is C19H27N3O2. The first kappa shape index (κ1) is 17.0. The van der Waals surface area contributed by atoms with Gasteiger partial charge < -0.3 is 19.4 Å². The third-order valence-electron chi connectivity index (χ3n) is 4.42. The van der Waals surface area contributed by atoms with Gasteiger partial charge in [0.1, 0.15) is 5.75 Å². The highest BCUT2D eigenvalue weighted by molar-refractivity contribution is 5.48. The van der Waals surface area contributed by atoms with Gasteiger partial charge in [-0.15, -0.1) is 0 Å². The Hall–Kier alpha value is -1.82. The Kier molecular flexibility index (Phi) is 6.29. The molecule has 0 amide bonds. The maximum atomic E-state index is 5.48. The lowest BCUT2D eigenvalue weighted by Crippen LogP contribution is -2.37. The molecule has 1 aliphatic rings. The topological polar surface area (TPSA) is 38.7 Å².